The summed E-state index contributed by atoms with van der Waals surface area (Å²) in [5.41, 5.74) is 1.14. The fourth-order valence-corrected chi connectivity index (χ4v) is 2.22. The second-order valence-corrected chi connectivity index (χ2v) is 5.25. The molecule has 0 aliphatic carbocycles. The van der Waals surface area contributed by atoms with Crippen LogP contribution in [-0.4, -0.2) is 49.3 Å². The van der Waals surface area contributed by atoms with Gasteiger partial charge in [-0.3, -0.25) is 14.9 Å². The number of benzene rings is 1. The minimum Gasteiger partial charge on any atom is -0.371 e. The van der Waals surface area contributed by atoms with Gasteiger partial charge in [-0.05, 0) is 47.0 Å². The van der Waals surface area contributed by atoms with E-state index in [1.54, 1.807) is 6.07 Å². The molecule has 21 heavy (non-hydrogen) atoms. The fraction of sp³-hybridized carbons (Fsp3) is 0.533. The highest BCUT2D eigenvalue weighted by atomic mass is 16.6. The molecule has 0 fully saturated rings. The molecule has 0 atom stereocenters. The minimum absolute atomic E-state index is 0.0479. The first-order chi connectivity index (χ1) is 9.86. The Morgan fingerprint density at radius 3 is 2.43 bits per heavy atom. The SMILES string of the molecule is CCN(CCCN(C)C)c1ccc([N+](=O)[O-])cc1C(C)=O. The Morgan fingerprint density at radius 1 is 1.29 bits per heavy atom. The third kappa shape index (κ3) is 4.82. The smallest absolute Gasteiger partial charge is 0.270 e. The van der Waals surface area contributed by atoms with Gasteiger partial charge in [0.25, 0.3) is 5.69 Å². The van der Waals surface area contributed by atoms with Crippen molar-refractivity contribution >= 4 is 17.2 Å². The van der Waals surface area contributed by atoms with Crippen molar-refractivity contribution < 1.29 is 9.72 Å². The summed E-state index contributed by atoms with van der Waals surface area (Å²) in [5, 5.41) is 10.8. The highest BCUT2D eigenvalue weighted by Crippen LogP contribution is 2.26. The first-order valence-electron chi connectivity index (χ1n) is 7.05. The van der Waals surface area contributed by atoms with Crippen molar-refractivity contribution in [2.24, 2.45) is 0 Å². The number of anilines is 1. The van der Waals surface area contributed by atoms with Gasteiger partial charge < -0.3 is 9.80 Å². The number of nitrogens with zero attached hydrogens (tertiary/aromatic N) is 3. The lowest BCUT2D eigenvalue weighted by atomic mass is 10.1. The Bertz CT molecular complexity index is 515. The molecule has 6 heteroatoms. The molecule has 0 heterocycles. The van der Waals surface area contributed by atoms with Crippen molar-refractivity contribution in [2.75, 3.05) is 38.6 Å². The summed E-state index contributed by atoms with van der Waals surface area (Å²) in [6, 6.07) is 4.50. The molecule has 0 unspecified atom stereocenters. The number of hydrogen-bond acceptors (Lipinski definition) is 5. The second-order valence-electron chi connectivity index (χ2n) is 5.25. The summed E-state index contributed by atoms with van der Waals surface area (Å²) < 4.78 is 0. The highest BCUT2D eigenvalue weighted by Gasteiger charge is 2.17. The first kappa shape index (κ1) is 17.1. The molecule has 0 aliphatic heterocycles. The summed E-state index contributed by atoms with van der Waals surface area (Å²) in [7, 11) is 4.03. The number of nitro groups is 1. The molecule has 0 saturated carbocycles. The summed E-state index contributed by atoms with van der Waals surface area (Å²) in [6.07, 6.45) is 0.967. The number of hydrogen-bond donors (Lipinski definition) is 0. The summed E-state index contributed by atoms with van der Waals surface area (Å²) >= 11 is 0. The van der Waals surface area contributed by atoms with Crippen LogP contribution in [0.5, 0.6) is 0 Å². The number of Topliss-reactive ketones (excluding diaryl/α,β-unsaturated/α-hetero) is 1. The van der Waals surface area contributed by atoms with Gasteiger partial charge in [0.05, 0.1) is 4.92 Å². The van der Waals surface area contributed by atoms with Gasteiger partial charge in [-0.15, -0.1) is 0 Å². The molecule has 0 radical (unpaired) electrons. The van der Waals surface area contributed by atoms with Gasteiger partial charge in [0.2, 0.25) is 0 Å². The summed E-state index contributed by atoms with van der Waals surface area (Å²) in [5.74, 6) is -0.153. The van der Waals surface area contributed by atoms with E-state index in [1.807, 2.05) is 21.0 Å². The molecule has 1 aromatic rings. The topological polar surface area (TPSA) is 66.7 Å². The lowest BCUT2D eigenvalue weighted by Gasteiger charge is -2.25. The Kier molecular flexibility index (Phi) is 6.30. The monoisotopic (exact) mass is 293 g/mol. The van der Waals surface area contributed by atoms with Crippen molar-refractivity contribution in [1.29, 1.82) is 0 Å². The number of rotatable bonds is 8. The largest absolute Gasteiger partial charge is 0.371 e. The normalized spacial score (nSPS) is 10.7. The number of ketones is 1. The zero-order valence-electron chi connectivity index (χ0n) is 13.1. The first-order valence-corrected chi connectivity index (χ1v) is 7.05. The van der Waals surface area contributed by atoms with Crippen molar-refractivity contribution in [1.82, 2.24) is 4.90 Å². The van der Waals surface area contributed by atoms with E-state index in [-0.39, 0.29) is 11.5 Å². The zero-order chi connectivity index (χ0) is 16.0. The molecule has 1 aromatic carbocycles. The molecular weight excluding hydrogens is 270 g/mol. The zero-order valence-corrected chi connectivity index (χ0v) is 13.1. The van der Waals surface area contributed by atoms with E-state index in [0.29, 0.717) is 5.56 Å². The molecule has 0 saturated heterocycles. The van der Waals surface area contributed by atoms with Gasteiger partial charge in [-0.25, -0.2) is 0 Å². The van der Waals surface area contributed by atoms with Crippen LogP contribution < -0.4 is 4.90 Å². The average Bonchev–Trinajstić information content (AvgIpc) is 2.42. The van der Waals surface area contributed by atoms with Crippen molar-refractivity contribution in [3.63, 3.8) is 0 Å². The predicted molar refractivity (Wildman–Crippen MR) is 84.2 cm³/mol. The van der Waals surface area contributed by atoms with Crippen LogP contribution in [0.4, 0.5) is 11.4 Å². The van der Waals surface area contributed by atoms with Crippen molar-refractivity contribution in [3.8, 4) is 0 Å². The van der Waals surface area contributed by atoms with E-state index in [4.69, 9.17) is 0 Å². The summed E-state index contributed by atoms with van der Waals surface area (Å²) in [4.78, 5) is 26.4. The van der Waals surface area contributed by atoms with Crippen LogP contribution in [0, 0.1) is 10.1 Å². The van der Waals surface area contributed by atoms with E-state index < -0.39 is 4.92 Å². The van der Waals surface area contributed by atoms with E-state index in [9.17, 15) is 14.9 Å². The second kappa shape index (κ2) is 7.73. The van der Waals surface area contributed by atoms with E-state index in [2.05, 4.69) is 9.80 Å². The number of carbonyl (C=O) groups is 1. The van der Waals surface area contributed by atoms with Crippen LogP contribution >= 0.6 is 0 Å². The number of carbonyl (C=O) groups excluding carboxylic acids is 1. The Labute approximate surface area is 125 Å². The molecule has 0 N–H and O–H groups in total. The quantitative estimate of drug-likeness (QED) is 0.418. The van der Waals surface area contributed by atoms with Gasteiger partial charge in [0.1, 0.15) is 0 Å². The number of non-ortho nitro benzene ring substituents is 1. The van der Waals surface area contributed by atoms with Crippen molar-refractivity contribution in [2.45, 2.75) is 20.3 Å². The van der Waals surface area contributed by atoms with Crippen LogP contribution in [0.3, 0.4) is 0 Å². The van der Waals surface area contributed by atoms with Crippen LogP contribution in [0.15, 0.2) is 18.2 Å². The Morgan fingerprint density at radius 2 is 1.95 bits per heavy atom. The molecule has 116 valence electrons. The van der Waals surface area contributed by atoms with E-state index in [0.717, 1.165) is 31.7 Å². The molecule has 0 bridgehead atoms. The minimum atomic E-state index is -0.474. The molecule has 0 spiro atoms. The van der Waals surface area contributed by atoms with Gasteiger partial charge in [-0.2, -0.15) is 0 Å². The Hall–Kier alpha value is -1.95. The van der Waals surface area contributed by atoms with Crippen molar-refractivity contribution in [3.05, 3.63) is 33.9 Å². The van der Waals surface area contributed by atoms with E-state index >= 15 is 0 Å². The van der Waals surface area contributed by atoms with Gasteiger partial charge in [-0.1, -0.05) is 0 Å². The van der Waals surface area contributed by atoms with Gasteiger partial charge >= 0.3 is 0 Å². The van der Waals surface area contributed by atoms with Crippen LogP contribution in [0.1, 0.15) is 30.6 Å². The maximum absolute atomic E-state index is 11.8. The molecule has 0 aliphatic rings. The van der Waals surface area contributed by atoms with E-state index in [1.165, 1.54) is 19.1 Å². The molecular formula is C15H23N3O3. The average molecular weight is 293 g/mol. The lowest BCUT2D eigenvalue weighted by Crippen LogP contribution is -2.28. The summed E-state index contributed by atoms with van der Waals surface area (Å²) in [6.45, 7) is 5.98. The third-order valence-corrected chi connectivity index (χ3v) is 3.33. The molecule has 0 amide bonds. The van der Waals surface area contributed by atoms with Crippen LogP contribution in [-0.2, 0) is 0 Å². The number of nitro benzene ring substituents is 1. The fourth-order valence-electron chi connectivity index (χ4n) is 2.22. The lowest BCUT2D eigenvalue weighted by molar-refractivity contribution is -0.384. The third-order valence-electron chi connectivity index (χ3n) is 3.33. The maximum atomic E-state index is 11.8. The Balaban J connectivity index is 3.02. The standard InChI is InChI=1S/C15H23N3O3/c1-5-17(10-6-9-16(3)4)15-8-7-13(18(20)21)11-14(15)12(2)19/h7-8,11H,5-6,9-10H2,1-4H3. The van der Waals surface area contributed by atoms with Gasteiger partial charge in [0.15, 0.2) is 5.78 Å². The highest BCUT2D eigenvalue weighted by molar-refractivity contribution is 6.00. The van der Waals surface area contributed by atoms with Crippen LogP contribution in [0.2, 0.25) is 0 Å². The molecule has 0 aromatic heterocycles. The maximum Gasteiger partial charge on any atom is 0.270 e. The predicted octanol–water partition coefficient (Wildman–Crippen LogP) is 2.58. The van der Waals surface area contributed by atoms with Gasteiger partial charge in [0, 0.05) is 36.5 Å². The molecule has 6 nitrogen and oxygen atoms in total. The molecule has 1 rings (SSSR count). The van der Waals surface area contributed by atoms with Crippen LogP contribution in [0.25, 0.3) is 0 Å².